The van der Waals surface area contributed by atoms with E-state index in [1.165, 1.54) is 17.7 Å². The van der Waals surface area contributed by atoms with E-state index in [4.69, 9.17) is 0 Å². The molecule has 0 bridgehead atoms. The van der Waals surface area contributed by atoms with Gasteiger partial charge < -0.3 is 10.6 Å². The van der Waals surface area contributed by atoms with E-state index in [0.29, 0.717) is 18.9 Å². The Morgan fingerprint density at radius 1 is 0.815 bits per heavy atom. The maximum atomic E-state index is 12.9. The Bertz CT molecular complexity index is 852. The summed E-state index contributed by atoms with van der Waals surface area (Å²) in [6.45, 7) is 1.19. The van der Waals surface area contributed by atoms with Gasteiger partial charge in [-0.05, 0) is 48.2 Å². The molecule has 0 aliphatic rings. The van der Waals surface area contributed by atoms with Crippen molar-refractivity contribution in [1.29, 1.82) is 0 Å². The summed E-state index contributed by atoms with van der Waals surface area (Å²) in [7, 11) is 0. The second-order valence-electron chi connectivity index (χ2n) is 6.10. The van der Waals surface area contributed by atoms with Crippen molar-refractivity contribution in [3.8, 4) is 0 Å². The molecule has 0 spiro atoms. The highest BCUT2D eigenvalue weighted by molar-refractivity contribution is 5.92. The molecule has 1 amide bonds. The maximum absolute atomic E-state index is 12.9. The summed E-state index contributed by atoms with van der Waals surface area (Å²) in [6, 6.07) is 19.7. The van der Waals surface area contributed by atoms with Crippen molar-refractivity contribution in [2.45, 2.75) is 12.8 Å². The van der Waals surface area contributed by atoms with Crippen LogP contribution in [0.15, 0.2) is 66.7 Å². The number of carbonyl (C=O) groups excluding carboxylic acids is 1. The number of aromatic nitrogens is 2. The number of nitrogens with zero attached hydrogens (tertiary/aromatic N) is 2. The van der Waals surface area contributed by atoms with Gasteiger partial charge in [0.15, 0.2) is 5.69 Å². The van der Waals surface area contributed by atoms with Crippen LogP contribution in [0.2, 0.25) is 0 Å². The molecule has 0 aliphatic heterocycles. The zero-order valence-corrected chi connectivity index (χ0v) is 14.9. The largest absolute Gasteiger partial charge is 0.368 e. The third-order valence-electron chi connectivity index (χ3n) is 4.07. The van der Waals surface area contributed by atoms with Gasteiger partial charge in [-0.3, -0.25) is 4.79 Å². The molecule has 1 heterocycles. The maximum Gasteiger partial charge on any atom is 0.271 e. The summed E-state index contributed by atoms with van der Waals surface area (Å²) in [4.78, 5) is 12.1. The highest BCUT2D eigenvalue weighted by atomic mass is 19.1. The molecule has 6 heteroatoms. The fraction of sp³-hybridized carbons (Fsp3) is 0.190. The number of amides is 1. The third kappa shape index (κ3) is 5.88. The molecule has 2 aromatic carbocycles. The van der Waals surface area contributed by atoms with Gasteiger partial charge in [0.25, 0.3) is 5.91 Å². The quantitative estimate of drug-likeness (QED) is 0.644. The minimum Gasteiger partial charge on any atom is -0.368 e. The van der Waals surface area contributed by atoms with Crippen molar-refractivity contribution >= 4 is 11.7 Å². The molecule has 0 aliphatic carbocycles. The Balaban J connectivity index is 1.42. The summed E-state index contributed by atoms with van der Waals surface area (Å²) in [5, 5.41) is 14.0. The van der Waals surface area contributed by atoms with Crippen LogP contribution in [-0.2, 0) is 12.8 Å². The molecule has 27 heavy (non-hydrogen) atoms. The van der Waals surface area contributed by atoms with E-state index in [-0.39, 0.29) is 17.4 Å². The molecule has 0 atom stereocenters. The van der Waals surface area contributed by atoms with Crippen molar-refractivity contribution in [2.75, 3.05) is 18.4 Å². The molecule has 2 N–H and O–H groups in total. The molecule has 0 radical (unpaired) electrons. The third-order valence-corrected chi connectivity index (χ3v) is 4.07. The van der Waals surface area contributed by atoms with Crippen molar-refractivity contribution in [3.63, 3.8) is 0 Å². The predicted molar refractivity (Wildman–Crippen MR) is 103 cm³/mol. The van der Waals surface area contributed by atoms with Crippen LogP contribution >= 0.6 is 0 Å². The first-order chi connectivity index (χ1) is 13.2. The van der Waals surface area contributed by atoms with Gasteiger partial charge in [-0.1, -0.05) is 42.5 Å². The fourth-order valence-corrected chi connectivity index (χ4v) is 2.59. The van der Waals surface area contributed by atoms with Crippen LogP contribution in [0.4, 0.5) is 10.2 Å². The number of hydrogen-bond donors (Lipinski definition) is 2. The highest BCUT2D eigenvalue weighted by Crippen LogP contribution is 2.06. The van der Waals surface area contributed by atoms with Crippen LogP contribution in [0.5, 0.6) is 0 Å². The van der Waals surface area contributed by atoms with E-state index >= 15 is 0 Å². The van der Waals surface area contributed by atoms with E-state index in [9.17, 15) is 9.18 Å². The van der Waals surface area contributed by atoms with Crippen molar-refractivity contribution in [3.05, 3.63) is 89.4 Å². The molecule has 0 fully saturated rings. The average molecular weight is 364 g/mol. The zero-order chi connectivity index (χ0) is 18.9. The first-order valence-corrected chi connectivity index (χ1v) is 8.85. The Labute approximate surface area is 157 Å². The second-order valence-corrected chi connectivity index (χ2v) is 6.10. The van der Waals surface area contributed by atoms with Crippen LogP contribution in [0.3, 0.4) is 0 Å². The molecule has 0 saturated carbocycles. The Morgan fingerprint density at radius 2 is 1.52 bits per heavy atom. The minimum atomic E-state index is -0.241. The van der Waals surface area contributed by atoms with Crippen LogP contribution < -0.4 is 10.6 Å². The molecule has 138 valence electrons. The number of hydrogen-bond acceptors (Lipinski definition) is 4. The molecule has 0 unspecified atom stereocenters. The van der Waals surface area contributed by atoms with Crippen LogP contribution in [0, 0.1) is 5.82 Å². The Kier molecular flexibility index (Phi) is 6.46. The van der Waals surface area contributed by atoms with Crippen molar-refractivity contribution in [2.24, 2.45) is 0 Å². The van der Waals surface area contributed by atoms with Crippen molar-refractivity contribution < 1.29 is 9.18 Å². The summed E-state index contributed by atoms with van der Waals surface area (Å²) in [5.41, 5.74) is 2.49. The van der Waals surface area contributed by atoms with E-state index in [1.807, 2.05) is 30.3 Å². The lowest BCUT2D eigenvalue weighted by Crippen LogP contribution is -2.26. The Morgan fingerprint density at radius 3 is 2.22 bits per heavy atom. The summed E-state index contributed by atoms with van der Waals surface area (Å²) < 4.78 is 12.9. The molecule has 1 aromatic heterocycles. The number of carbonyl (C=O) groups is 1. The van der Waals surface area contributed by atoms with E-state index in [1.54, 1.807) is 24.3 Å². The lowest BCUT2D eigenvalue weighted by Gasteiger charge is -2.07. The van der Waals surface area contributed by atoms with Crippen molar-refractivity contribution in [1.82, 2.24) is 15.5 Å². The van der Waals surface area contributed by atoms with E-state index < -0.39 is 0 Å². The SMILES string of the molecule is O=C(NCCc1ccccc1)c1ccc(NCCc2ccc(F)cc2)nn1. The van der Waals surface area contributed by atoms with Gasteiger partial charge in [0.05, 0.1) is 0 Å². The number of rotatable bonds is 8. The fourth-order valence-electron chi connectivity index (χ4n) is 2.59. The topological polar surface area (TPSA) is 66.9 Å². The average Bonchev–Trinajstić information content (AvgIpc) is 2.71. The number of nitrogens with one attached hydrogen (secondary N) is 2. The normalized spacial score (nSPS) is 10.4. The lowest BCUT2D eigenvalue weighted by molar-refractivity contribution is 0.0948. The molecular weight excluding hydrogens is 343 g/mol. The highest BCUT2D eigenvalue weighted by Gasteiger charge is 2.07. The second kappa shape index (κ2) is 9.43. The smallest absolute Gasteiger partial charge is 0.271 e. The summed E-state index contributed by atoms with van der Waals surface area (Å²) in [6.07, 6.45) is 1.51. The molecular formula is C21H21FN4O. The molecule has 0 saturated heterocycles. The van der Waals surface area contributed by atoms with Crippen LogP contribution in [0.25, 0.3) is 0 Å². The zero-order valence-electron chi connectivity index (χ0n) is 14.9. The monoisotopic (exact) mass is 364 g/mol. The Hall–Kier alpha value is -3.28. The van der Waals surface area contributed by atoms with Gasteiger partial charge in [-0.15, -0.1) is 10.2 Å². The minimum absolute atomic E-state index is 0.240. The molecule has 3 rings (SSSR count). The summed E-state index contributed by atoms with van der Waals surface area (Å²) >= 11 is 0. The first kappa shape index (κ1) is 18.5. The van der Waals surface area contributed by atoms with Gasteiger partial charge in [-0.2, -0.15) is 0 Å². The first-order valence-electron chi connectivity index (χ1n) is 8.85. The van der Waals surface area contributed by atoms with Crippen LogP contribution in [0.1, 0.15) is 21.6 Å². The lowest BCUT2D eigenvalue weighted by atomic mass is 10.1. The number of benzene rings is 2. The molecule has 3 aromatic rings. The van der Waals surface area contributed by atoms with Gasteiger partial charge in [-0.25, -0.2) is 4.39 Å². The molecule has 5 nitrogen and oxygen atoms in total. The van der Waals surface area contributed by atoms with Gasteiger partial charge in [0.2, 0.25) is 0 Å². The van der Waals surface area contributed by atoms with Gasteiger partial charge in [0, 0.05) is 13.1 Å². The van der Waals surface area contributed by atoms with E-state index in [0.717, 1.165) is 18.4 Å². The number of halogens is 1. The van der Waals surface area contributed by atoms with Gasteiger partial charge >= 0.3 is 0 Å². The van der Waals surface area contributed by atoms with E-state index in [2.05, 4.69) is 20.8 Å². The standard InChI is InChI=1S/C21H21FN4O/c22-18-8-6-17(7-9-18)12-14-23-20-11-10-19(25-26-20)21(27)24-15-13-16-4-2-1-3-5-16/h1-11H,12-15H2,(H,23,26)(H,24,27). The van der Waals surface area contributed by atoms with Crippen LogP contribution in [-0.4, -0.2) is 29.2 Å². The van der Waals surface area contributed by atoms with Gasteiger partial charge in [0.1, 0.15) is 11.6 Å². The predicted octanol–water partition coefficient (Wildman–Crippen LogP) is 3.24. The number of anilines is 1. The summed E-state index contributed by atoms with van der Waals surface area (Å²) in [5.74, 6) is 0.115.